The molecule has 3 aromatic heterocycles. The Morgan fingerprint density at radius 3 is 3.00 bits per heavy atom. The zero-order valence-electron chi connectivity index (χ0n) is 15.8. The lowest BCUT2D eigenvalue weighted by molar-refractivity contribution is 0.223. The van der Waals surface area contributed by atoms with Crippen molar-refractivity contribution < 1.29 is 13.9 Å². The first-order valence-electron chi connectivity index (χ1n) is 9.44. The van der Waals surface area contributed by atoms with Crippen LogP contribution in [0.25, 0.3) is 21.5 Å². The maximum absolute atomic E-state index is 13.3. The monoisotopic (exact) mass is 413 g/mol. The number of ether oxygens (including phenoxy) is 1. The zero-order valence-corrected chi connectivity index (χ0v) is 16.6. The van der Waals surface area contributed by atoms with Gasteiger partial charge in [-0.3, -0.25) is 5.32 Å². The molecule has 0 fully saturated rings. The number of carbonyl (C=O) groups excluding carboxylic acids is 1. The summed E-state index contributed by atoms with van der Waals surface area (Å²) in [6, 6.07) is 4.44. The first-order valence-corrected chi connectivity index (χ1v) is 10.3. The van der Waals surface area contributed by atoms with Crippen molar-refractivity contribution in [2.45, 2.75) is 32.3 Å². The summed E-state index contributed by atoms with van der Waals surface area (Å²) in [5, 5.41) is 5.81. The summed E-state index contributed by atoms with van der Waals surface area (Å²) < 4.78 is 19.5. The fraction of sp³-hybridized carbons (Fsp3) is 0.300. The van der Waals surface area contributed by atoms with Crippen molar-refractivity contribution in [1.82, 2.24) is 20.3 Å². The quantitative estimate of drug-likeness (QED) is 0.474. The third kappa shape index (κ3) is 4.51. The number of allylic oxidation sites excluding steroid dienone is 1. The lowest BCUT2D eigenvalue weighted by Gasteiger charge is -2.19. The number of carbonyl (C=O) groups is 1. The Balaban J connectivity index is 1.73. The first kappa shape index (κ1) is 19.3. The summed E-state index contributed by atoms with van der Waals surface area (Å²) in [5.74, 6) is -0.113. The van der Waals surface area contributed by atoms with Crippen molar-refractivity contribution in [1.29, 1.82) is 0 Å². The highest BCUT2D eigenvalue weighted by Crippen LogP contribution is 2.35. The third-order valence-corrected chi connectivity index (χ3v) is 5.30. The number of nitrogens with one attached hydrogen (secondary N) is 2. The van der Waals surface area contributed by atoms with E-state index in [1.165, 1.54) is 23.6 Å². The fourth-order valence-corrected chi connectivity index (χ4v) is 3.87. The van der Waals surface area contributed by atoms with E-state index in [1.807, 2.05) is 19.1 Å². The number of hydrogen-bond donors (Lipinski definition) is 2. The number of urea groups is 1. The van der Waals surface area contributed by atoms with Crippen LogP contribution in [0.4, 0.5) is 14.3 Å². The van der Waals surface area contributed by atoms with Gasteiger partial charge in [-0.25, -0.2) is 19.7 Å². The molecule has 0 aromatic carbocycles. The van der Waals surface area contributed by atoms with Gasteiger partial charge in [0, 0.05) is 23.9 Å². The van der Waals surface area contributed by atoms with E-state index in [2.05, 4.69) is 31.7 Å². The van der Waals surface area contributed by atoms with Crippen LogP contribution in [-0.4, -0.2) is 33.6 Å². The molecule has 2 N–H and O–H groups in total. The Morgan fingerprint density at radius 1 is 1.38 bits per heavy atom. The topological polar surface area (TPSA) is 89.0 Å². The van der Waals surface area contributed by atoms with Crippen molar-refractivity contribution in [3.8, 4) is 17.0 Å². The summed E-state index contributed by atoms with van der Waals surface area (Å²) in [4.78, 5) is 25.3. The fourth-order valence-electron chi connectivity index (χ4n) is 3.06. The number of thiazole rings is 1. The average Bonchev–Trinajstić information content (AvgIpc) is 3.10. The van der Waals surface area contributed by atoms with E-state index in [0.29, 0.717) is 39.0 Å². The summed E-state index contributed by atoms with van der Waals surface area (Å²) in [7, 11) is 0. The Bertz CT molecular complexity index is 1050. The molecule has 0 radical (unpaired) electrons. The molecule has 0 aliphatic heterocycles. The smallest absolute Gasteiger partial charge is 0.321 e. The first-order chi connectivity index (χ1) is 14.1. The van der Waals surface area contributed by atoms with E-state index in [-0.39, 0.29) is 12.1 Å². The lowest BCUT2D eigenvalue weighted by Crippen LogP contribution is -2.28. The predicted octanol–water partition coefficient (Wildman–Crippen LogP) is 4.52. The number of amides is 2. The van der Waals surface area contributed by atoms with Crippen molar-refractivity contribution in [3.05, 3.63) is 42.5 Å². The van der Waals surface area contributed by atoms with Gasteiger partial charge in [0.15, 0.2) is 5.13 Å². The Morgan fingerprint density at radius 2 is 2.28 bits per heavy atom. The van der Waals surface area contributed by atoms with Gasteiger partial charge >= 0.3 is 6.03 Å². The number of rotatable bonds is 5. The Kier molecular flexibility index (Phi) is 5.66. The maximum Gasteiger partial charge on any atom is 0.321 e. The summed E-state index contributed by atoms with van der Waals surface area (Å²) in [5.41, 5.74) is 1.98. The number of aromatic nitrogens is 3. The van der Waals surface area contributed by atoms with Gasteiger partial charge in [-0.1, -0.05) is 17.4 Å². The molecule has 1 aliphatic carbocycles. The second-order valence-corrected chi connectivity index (χ2v) is 7.53. The van der Waals surface area contributed by atoms with Crippen LogP contribution < -0.4 is 15.4 Å². The van der Waals surface area contributed by atoms with Gasteiger partial charge < -0.3 is 10.1 Å². The molecule has 150 valence electrons. The number of fused-ring (bicyclic) bond motifs is 1. The van der Waals surface area contributed by atoms with Crippen LogP contribution in [0.1, 0.15) is 26.2 Å². The average molecular weight is 413 g/mol. The van der Waals surface area contributed by atoms with Gasteiger partial charge in [0.2, 0.25) is 11.8 Å². The standard InChI is InChI=1S/C20H20FN5O2S/c1-2-22-19(27)26-20-24-15-10-14(12-8-9-16(21)23-11-12)17(25-18(15)29-20)28-13-6-4-3-5-7-13/h4,6,8-11,13H,2-3,5,7H2,1H3,(H2,22,24,26,27). The molecule has 9 heteroatoms. The zero-order chi connectivity index (χ0) is 20.2. The molecule has 0 bridgehead atoms. The summed E-state index contributed by atoms with van der Waals surface area (Å²) >= 11 is 1.27. The molecule has 3 heterocycles. The normalized spacial score (nSPS) is 16.0. The van der Waals surface area contributed by atoms with Crippen LogP contribution in [0.5, 0.6) is 5.88 Å². The highest BCUT2D eigenvalue weighted by Gasteiger charge is 2.19. The van der Waals surface area contributed by atoms with Gasteiger partial charge in [0.05, 0.1) is 0 Å². The molecular formula is C20H20FN5O2S. The molecule has 4 rings (SSSR count). The molecule has 0 saturated carbocycles. The highest BCUT2D eigenvalue weighted by molar-refractivity contribution is 7.22. The van der Waals surface area contributed by atoms with Crippen molar-refractivity contribution in [2.24, 2.45) is 0 Å². The minimum Gasteiger partial charge on any atom is -0.470 e. The van der Waals surface area contributed by atoms with Crippen LogP contribution in [0, 0.1) is 5.95 Å². The Labute approximate surface area is 171 Å². The number of pyridine rings is 2. The van der Waals surface area contributed by atoms with Gasteiger partial charge in [-0.15, -0.1) is 0 Å². The number of nitrogens with zero attached hydrogens (tertiary/aromatic N) is 3. The molecular weight excluding hydrogens is 393 g/mol. The van der Waals surface area contributed by atoms with E-state index < -0.39 is 5.95 Å². The number of hydrogen-bond acceptors (Lipinski definition) is 6. The van der Waals surface area contributed by atoms with Crippen LogP contribution in [0.3, 0.4) is 0 Å². The van der Waals surface area contributed by atoms with Gasteiger partial charge in [-0.05, 0) is 50.5 Å². The van der Waals surface area contributed by atoms with Crippen molar-refractivity contribution >= 4 is 32.8 Å². The van der Waals surface area contributed by atoms with E-state index in [9.17, 15) is 9.18 Å². The minimum atomic E-state index is -0.553. The van der Waals surface area contributed by atoms with Gasteiger partial charge in [0.25, 0.3) is 0 Å². The predicted molar refractivity (Wildman–Crippen MR) is 111 cm³/mol. The molecule has 1 atom stereocenters. The van der Waals surface area contributed by atoms with Gasteiger partial charge in [-0.2, -0.15) is 4.39 Å². The second-order valence-electron chi connectivity index (χ2n) is 6.55. The van der Waals surface area contributed by atoms with Crippen molar-refractivity contribution in [2.75, 3.05) is 11.9 Å². The summed E-state index contributed by atoms with van der Waals surface area (Å²) in [6.07, 6.45) is 8.53. The third-order valence-electron chi connectivity index (χ3n) is 4.42. The molecule has 2 amide bonds. The molecule has 0 spiro atoms. The highest BCUT2D eigenvalue weighted by atomic mass is 32.1. The second kappa shape index (κ2) is 8.52. The van der Waals surface area contributed by atoms with Crippen LogP contribution in [0.2, 0.25) is 0 Å². The van der Waals surface area contributed by atoms with Gasteiger partial charge in [0.1, 0.15) is 16.5 Å². The molecule has 1 aliphatic rings. The molecule has 7 nitrogen and oxygen atoms in total. The van der Waals surface area contributed by atoms with E-state index in [1.54, 1.807) is 6.07 Å². The van der Waals surface area contributed by atoms with E-state index in [4.69, 9.17) is 4.74 Å². The minimum absolute atomic E-state index is 0.0679. The van der Waals surface area contributed by atoms with E-state index >= 15 is 0 Å². The molecule has 0 saturated heterocycles. The van der Waals surface area contributed by atoms with Crippen LogP contribution in [-0.2, 0) is 0 Å². The molecule has 29 heavy (non-hydrogen) atoms. The van der Waals surface area contributed by atoms with E-state index in [0.717, 1.165) is 19.3 Å². The SMILES string of the molecule is CCNC(=O)Nc1nc2cc(-c3ccc(F)nc3)c(OC3C=CCCC3)nc2s1. The van der Waals surface area contributed by atoms with Crippen LogP contribution >= 0.6 is 11.3 Å². The lowest BCUT2D eigenvalue weighted by atomic mass is 10.1. The summed E-state index contributed by atoms with van der Waals surface area (Å²) in [6.45, 7) is 2.36. The largest absolute Gasteiger partial charge is 0.470 e. The molecule has 1 unspecified atom stereocenters. The number of halogens is 1. The molecule has 3 aromatic rings. The van der Waals surface area contributed by atoms with Crippen LogP contribution in [0.15, 0.2) is 36.5 Å². The van der Waals surface area contributed by atoms with Crippen molar-refractivity contribution in [3.63, 3.8) is 0 Å². The maximum atomic E-state index is 13.3. The Hall–Kier alpha value is -3.07. The number of anilines is 1.